The van der Waals surface area contributed by atoms with Gasteiger partial charge in [-0.15, -0.1) is 0 Å². The number of hydrogen-bond acceptors (Lipinski definition) is 2. The summed E-state index contributed by atoms with van der Waals surface area (Å²) in [6.07, 6.45) is 13.8. The molecule has 1 aliphatic rings. The lowest BCUT2D eigenvalue weighted by atomic mass is 9.83. The second-order valence-electron chi connectivity index (χ2n) is 7.17. The van der Waals surface area contributed by atoms with E-state index in [0.29, 0.717) is 6.54 Å². The topological polar surface area (TPSA) is 54.0 Å². The molecular weight excluding hydrogens is 310 g/mol. The van der Waals surface area contributed by atoms with Gasteiger partial charge in [-0.25, -0.2) is 4.79 Å². The van der Waals surface area contributed by atoms with Gasteiger partial charge in [-0.3, -0.25) is 4.98 Å². The minimum Gasteiger partial charge on any atom is -0.334 e. The average molecular weight is 337 g/mol. The molecule has 1 unspecified atom stereocenters. The SMILES string of the molecule is C=C(C)C1(C)C=CC=C(C(C)(C)NC(=O)NCc2ccncc2)C=C1. The van der Waals surface area contributed by atoms with Crippen LogP contribution < -0.4 is 10.6 Å². The highest BCUT2D eigenvalue weighted by molar-refractivity contribution is 5.75. The van der Waals surface area contributed by atoms with E-state index in [0.717, 1.165) is 16.7 Å². The molecule has 1 aliphatic carbocycles. The van der Waals surface area contributed by atoms with Crippen molar-refractivity contribution >= 4 is 6.03 Å². The molecule has 25 heavy (non-hydrogen) atoms. The number of nitrogens with one attached hydrogen (secondary N) is 2. The molecule has 0 bridgehead atoms. The number of aromatic nitrogens is 1. The molecule has 0 radical (unpaired) electrons. The van der Waals surface area contributed by atoms with E-state index in [9.17, 15) is 4.79 Å². The Morgan fingerprint density at radius 2 is 1.96 bits per heavy atom. The van der Waals surface area contributed by atoms with E-state index in [4.69, 9.17) is 0 Å². The van der Waals surface area contributed by atoms with Gasteiger partial charge in [0.2, 0.25) is 0 Å². The van der Waals surface area contributed by atoms with Crippen molar-refractivity contribution in [3.05, 3.63) is 78.2 Å². The lowest BCUT2D eigenvalue weighted by Gasteiger charge is -2.28. The maximum Gasteiger partial charge on any atom is 0.315 e. The van der Waals surface area contributed by atoms with E-state index < -0.39 is 5.54 Å². The van der Waals surface area contributed by atoms with E-state index in [1.165, 1.54) is 0 Å². The molecule has 0 saturated heterocycles. The van der Waals surface area contributed by atoms with Gasteiger partial charge in [-0.05, 0) is 51.0 Å². The molecule has 2 rings (SSSR count). The van der Waals surface area contributed by atoms with Gasteiger partial charge in [0.05, 0.1) is 5.54 Å². The zero-order valence-electron chi connectivity index (χ0n) is 15.5. The number of carbonyl (C=O) groups excluding carboxylic acids is 1. The maximum atomic E-state index is 12.3. The molecule has 0 aliphatic heterocycles. The summed E-state index contributed by atoms with van der Waals surface area (Å²) in [5.74, 6) is 0. The standard InChI is InChI=1S/C21H27N3O/c1-16(2)21(5)11-6-7-18(8-12-21)20(3,4)24-19(25)23-15-17-9-13-22-14-10-17/h6-14H,1,15H2,2-5H3,(H2,23,24,25). The molecule has 0 spiro atoms. The molecule has 132 valence electrons. The predicted molar refractivity (Wildman–Crippen MR) is 103 cm³/mol. The van der Waals surface area contributed by atoms with E-state index in [1.807, 2.05) is 45.1 Å². The molecule has 4 nitrogen and oxygen atoms in total. The lowest BCUT2D eigenvalue weighted by molar-refractivity contribution is 0.233. The second kappa shape index (κ2) is 7.51. The van der Waals surface area contributed by atoms with Crippen LogP contribution >= 0.6 is 0 Å². The molecule has 1 aromatic rings. The van der Waals surface area contributed by atoms with Crippen LogP contribution in [0, 0.1) is 5.41 Å². The third kappa shape index (κ3) is 4.92. The molecule has 2 amide bonds. The lowest BCUT2D eigenvalue weighted by Crippen LogP contribution is -2.49. The van der Waals surface area contributed by atoms with E-state index in [-0.39, 0.29) is 11.4 Å². The smallest absolute Gasteiger partial charge is 0.315 e. The van der Waals surface area contributed by atoms with Gasteiger partial charge >= 0.3 is 6.03 Å². The van der Waals surface area contributed by atoms with Gasteiger partial charge in [-0.2, -0.15) is 0 Å². The van der Waals surface area contributed by atoms with Crippen LogP contribution in [0.5, 0.6) is 0 Å². The first kappa shape index (κ1) is 18.7. The van der Waals surface area contributed by atoms with Crippen molar-refractivity contribution in [2.45, 2.75) is 39.8 Å². The van der Waals surface area contributed by atoms with E-state index in [1.54, 1.807) is 12.4 Å². The third-order valence-electron chi connectivity index (χ3n) is 4.60. The van der Waals surface area contributed by atoms with Crippen LogP contribution in [-0.4, -0.2) is 16.6 Å². The second-order valence-corrected chi connectivity index (χ2v) is 7.17. The minimum absolute atomic E-state index is 0.169. The number of carbonyl (C=O) groups is 1. The van der Waals surface area contributed by atoms with Crippen molar-refractivity contribution in [1.29, 1.82) is 0 Å². The monoisotopic (exact) mass is 337 g/mol. The number of pyridine rings is 1. The van der Waals surface area contributed by atoms with Crippen molar-refractivity contribution in [3.8, 4) is 0 Å². The van der Waals surface area contributed by atoms with Crippen LogP contribution in [0.2, 0.25) is 0 Å². The summed E-state index contributed by atoms with van der Waals surface area (Å²) in [5, 5.41) is 5.92. The Labute approximate surface area is 150 Å². The first-order valence-electron chi connectivity index (χ1n) is 8.43. The Balaban J connectivity index is 2.01. The molecule has 0 fully saturated rings. The summed E-state index contributed by atoms with van der Waals surface area (Å²) in [4.78, 5) is 16.2. The number of rotatable bonds is 5. The average Bonchev–Trinajstić information content (AvgIpc) is 2.77. The zero-order valence-corrected chi connectivity index (χ0v) is 15.5. The van der Waals surface area contributed by atoms with Crippen LogP contribution in [0.3, 0.4) is 0 Å². The van der Waals surface area contributed by atoms with E-state index >= 15 is 0 Å². The van der Waals surface area contributed by atoms with Crippen molar-refractivity contribution in [2.75, 3.05) is 0 Å². The minimum atomic E-state index is -0.497. The first-order valence-corrected chi connectivity index (χ1v) is 8.43. The molecule has 1 aromatic heterocycles. The van der Waals surface area contributed by atoms with Crippen LogP contribution in [0.25, 0.3) is 0 Å². The highest BCUT2D eigenvalue weighted by atomic mass is 16.2. The molecule has 1 atom stereocenters. The fourth-order valence-corrected chi connectivity index (χ4v) is 2.51. The van der Waals surface area contributed by atoms with Gasteiger partial charge < -0.3 is 10.6 Å². The Morgan fingerprint density at radius 1 is 1.28 bits per heavy atom. The fourth-order valence-electron chi connectivity index (χ4n) is 2.51. The zero-order chi connectivity index (χ0) is 18.5. The van der Waals surface area contributed by atoms with Crippen LogP contribution in [0.1, 0.15) is 33.3 Å². The summed E-state index contributed by atoms with van der Waals surface area (Å²) < 4.78 is 0. The van der Waals surface area contributed by atoms with Crippen molar-refractivity contribution in [3.63, 3.8) is 0 Å². The summed E-state index contributed by atoms with van der Waals surface area (Å²) >= 11 is 0. The number of allylic oxidation sites excluding steroid dienone is 5. The highest BCUT2D eigenvalue weighted by Gasteiger charge is 2.26. The predicted octanol–water partition coefficient (Wildman–Crippen LogP) is 4.29. The quantitative estimate of drug-likeness (QED) is 0.787. The Kier molecular flexibility index (Phi) is 5.62. The van der Waals surface area contributed by atoms with Gasteiger partial charge in [0.1, 0.15) is 0 Å². The largest absolute Gasteiger partial charge is 0.334 e. The van der Waals surface area contributed by atoms with Crippen molar-refractivity contribution in [1.82, 2.24) is 15.6 Å². The Bertz CT molecular complexity index is 729. The Hall–Kier alpha value is -2.62. The normalized spacial score (nSPS) is 19.8. The molecule has 4 heteroatoms. The number of hydrogen-bond donors (Lipinski definition) is 2. The van der Waals surface area contributed by atoms with Crippen molar-refractivity contribution in [2.24, 2.45) is 5.41 Å². The summed E-state index contributed by atoms with van der Waals surface area (Å²) in [6, 6.07) is 3.56. The van der Waals surface area contributed by atoms with Crippen LogP contribution in [-0.2, 0) is 6.54 Å². The van der Waals surface area contributed by atoms with Crippen LogP contribution in [0.4, 0.5) is 4.79 Å². The molecule has 0 saturated carbocycles. The van der Waals surface area contributed by atoms with Gasteiger partial charge in [-0.1, -0.05) is 42.5 Å². The molecule has 1 heterocycles. The summed E-state index contributed by atoms with van der Waals surface area (Å²) in [6.45, 7) is 12.7. The van der Waals surface area contributed by atoms with Gasteiger partial charge in [0.15, 0.2) is 0 Å². The Morgan fingerprint density at radius 3 is 2.60 bits per heavy atom. The van der Waals surface area contributed by atoms with Crippen molar-refractivity contribution < 1.29 is 4.79 Å². The van der Waals surface area contributed by atoms with E-state index in [2.05, 4.69) is 47.3 Å². The number of amides is 2. The first-order chi connectivity index (χ1) is 11.7. The van der Waals surface area contributed by atoms with Gasteiger partial charge in [0, 0.05) is 24.4 Å². The molecule has 0 aromatic carbocycles. The van der Waals surface area contributed by atoms with Crippen LogP contribution in [0.15, 0.2) is 72.6 Å². The molecule has 2 N–H and O–H groups in total. The summed E-state index contributed by atoms with van der Waals surface area (Å²) in [5.41, 5.74) is 2.46. The number of urea groups is 1. The number of nitrogens with zero attached hydrogens (tertiary/aromatic N) is 1. The molecular formula is C21H27N3O. The summed E-state index contributed by atoms with van der Waals surface area (Å²) in [7, 11) is 0. The fraction of sp³-hybridized carbons (Fsp3) is 0.333. The third-order valence-corrected chi connectivity index (χ3v) is 4.60. The highest BCUT2D eigenvalue weighted by Crippen LogP contribution is 2.32. The van der Waals surface area contributed by atoms with Gasteiger partial charge in [0.25, 0.3) is 0 Å². The maximum absolute atomic E-state index is 12.3.